The van der Waals surface area contributed by atoms with E-state index in [2.05, 4.69) is 6.07 Å². The van der Waals surface area contributed by atoms with Gasteiger partial charge in [-0.15, -0.1) is 11.6 Å². The minimum Gasteiger partial charge on any atom is -0.494 e. The van der Waals surface area contributed by atoms with Crippen molar-refractivity contribution >= 4 is 11.6 Å². The molecule has 0 N–H and O–H groups in total. The van der Waals surface area contributed by atoms with Crippen molar-refractivity contribution in [2.45, 2.75) is 32.1 Å². The molecule has 0 aromatic heterocycles. The molecule has 1 atom stereocenters. The Morgan fingerprint density at radius 2 is 2.07 bits per heavy atom. The van der Waals surface area contributed by atoms with Crippen LogP contribution in [0.3, 0.4) is 0 Å². The average Bonchev–Trinajstić information content (AvgIpc) is 2.17. The topological polar surface area (TPSA) is 9.23 Å². The van der Waals surface area contributed by atoms with E-state index >= 15 is 0 Å². The summed E-state index contributed by atoms with van der Waals surface area (Å²) in [6.07, 6.45) is 1.98. The van der Waals surface area contributed by atoms with Gasteiger partial charge in [-0.1, -0.05) is 18.2 Å². The molecule has 78 valence electrons. The molecule has 1 unspecified atom stereocenters. The Hall–Kier alpha value is -0.690. The number of rotatable bonds is 5. The molecule has 0 radical (unpaired) electrons. The van der Waals surface area contributed by atoms with Gasteiger partial charge in [0.1, 0.15) is 5.75 Å². The second-order valence-corrected chi connectivity index (χ2v) is 4.11. The molecule has 0 saturated heterocycles. The maximum atomic E-state index is 5.92. The van der Waals surface area contributed by atoms with Crippen molar-refractivity contribution in [2.75, 3.05) is 6.61 Å². The number of alkyl halides is 1. The first kappa shape index (κ1) is 11.4. The van der Waals surface area contributed by atoms with Crippen molar-refractivity contribution in [2.24, 2.45) is 0 Å². The van der Waals surface area contributed by atoms with Gasteiger partial charge in [0.2, 0.25) is 0 Å². The van der Waals surface area contributed by atoms with Crippen LogP contribution in [0.2, 0.25) is 0 Å². The van der Waals surface area contributed by atoms with Crippen molar-refractivity contribution in [3.05, 3.63) is 29.8 Å². The van der Waals surface area contributed by atoms with Crippen LogP contribution in [-0.4, -0.2) is 12.0 Å². The normalized spacial score (nSPS) is 12.5. The number of halogens is 1. The number of ether oxygens (including phenoxy) is 1. The number of hydrogen-bond donors (Lipinski definition) is 0. The van der Waals surface area contributed by atoms with Gasteiger partial charge in [0.05, 0.1) is 6.61 Å². The van der Waals surface area contributed by atoms with Crippen molar-refractivity contribution in [1.29, 1.82) is 0 Å². The number of para-hydroxylation sites is 1. The summed E-state index contributed by atoms with van der Waals surface area (Å²) in [5, 5.41) is 0.227. The summed E-state index contributed by atoms with van der Waals surface area (Å²) in [5.74, 6) is 0.993. The molecule has 0 saturated carbocycles. The molecule has 2 heteroatoms. The summed E-state index contributed by atoms with van der Waals surface area (Å²) in [7, 11) is 0. The Labute approximate surface area is 91.0 Å². The molecule has 0 fully saturated rings. The Bertz CT molecular complexity index is 271. The van der Waals surface area contributed by atoms with E-state index in [9.17, 15) is 0 Å². The molecule has 1 aromatic rings. The lowest BCUT2D eigenvalue weighted by Gasteiger charge is -2.10. The first-order valence-electron chi connectivity index (χ1n) is 5.08. The zero-order valence-corrected chi connectivity index (χ0v) is 9.55. The van der Waals surface area contributed by atoms with Gasteiger partial charge in [-0.3, -0.25) is 0 Å². The predicted octanol–water partition coefficient (Wildman–Crippen LogP) is 3.65. The molecular weight excluding hydrogens is 196 g/mol. The van der Waals surface area contributed by atoms with E-state index in [1.807, 2.05) is 32.0 Å². The highest BCUT2D eigenvalue weighted by atomic mass is 35.5. The molecule has 14 heavy (non-hydrogen) atoms. The van der Waals surface area contributed by atoms with Gasteiger partial charge in [0.25, 0.3) is 0 Å². The molecule has 1 nitrogen and oxygen atoms in total. The van der Waals surface area contributed by atoms with E-state index in [0.29, 0.717) is 6.61 Å². The smallest absolute Gasteiger partial charge is 0.122 e. The summed E-state index contributed by atoms with van der Waals surface area (Å²) in [6.45, 7) is 4.74. The fourth-order valence-electron chi connectivity index (χ4n) is 1.36. The van der Waals surface area contributed by atoms with Crippen LogP contribution in [0.5, 0.6) is 5.75 Å². The quantitative estimate of drug-likeness (QED) is 0.678. The third kappa shape index (κ3) is 3.59. The van der Waals surface area contributed by atoms with Crippen LogP contribution in [0.15, 0.2) is 24.3 Å². The van der Waals surface area contributed by atoms with Crippen LogP contribution in [-0.2, 0) is 6.42 Å². The van der Waals surface area contributed by atoms with Crippen LogP contribution in [0, 0.1) is 0 Å². The van der Waals surface area contributed by atoms with E-state index in [1.165, 1.54) is 5.56 Å². The Kier molecular flexibility index (Phi) is 4.81. The average molecular weight is 213 g/mol. The van der Waals surface area contributed by atoms with Crippen LogP contribution >= 0.6 is 11.6 Å². The Balaban J connectivity index is 2.64. The Morgan fingerprint density at radius 3 is 2.71 bits per heavy atom. The van der Waals surface area contributed by atoms with E-state index < -0.39 is 0 Å². The van der Waals surface area contributed by atoms with Gasteiger partial charge in [-0.2, -0.15) is 0 Å². The molecular formula is C12H17ClO. The highest BCUT2D eigenvalue weighted by molar-refractivity contribution is 6.20. The molecule has 0 spiro atoms. The molecule has 0 aliphatic rings. The maximum Gasteiger partial charge on any atom is 0.122 e. The monoisotopic (exact) mass is 212 g/mol. The van der Waals surface area contributed by atoms with Gasteiger partial charge in [-0.25, -0.2) is 0 Å². The minimum absolute atomic E-state index is 0.227. The standard InChI is InChI=1S/C12H17ClO/c1-3-14-12-7-5-4-6-11(12)9-8-10(2)13/h4-7,10H,3,8-9H2,1-2H3. The van der Waals surface area contributed by atoms with Crippen LogP contribution in [0.4, 0.5) is 0 Å². The summed E-state index contributed by atoms with van der Waals surface area (Å²) in [4.78, 5) is 0. The first-order valence-corrected chi connectivity index (χ1v) is 5.52. The molecule has 1 rings (SSSR count). The minimum atomic E-state index is 0.227. The number of aryl methyl sites for hydroxylation is 1. The van der Waals surface area contributed by atoms with Crippen LogP contribution in [0.25, 0.3) is 0 Å². The zero-order chi connectivity index (χ0) is 10.4. The highest BCUT2D eigenvalue weighted by Crippen LogP contribution is 2.20. The van der Waals surface area contributed by atoms with Gasteiger partial charge in [0.15, 0.2) is 0 Å². The maximum absolute atomic E-state index is 5.92. The second-order valence-electron chi connectivity index (χ2n) is 3.36. The van der Waals surface area contributed by atoms with Gasteiger partial charge < -0.3 is 4.74 Å². The highest BCUT2D eigenvalue weighted by Gasteiger charge is 2.03. The number of hydrogen-bond acceptors (Lipinski definition) is 1. The second kappa shape index (κ2) is 5.92. The van der Waals surface area contributed by atoms with Crippen LogP contribution < -0.4 is 4.74 Å². The largest absolute Gasteiger partial charge is 0.494 e. The van der Waals surface area contributed by atoms with Crippen molar-refractivity contribution in [1.82, 2.24) is 0 Å². The fraction of sp³-hybridized carbons (Fsp3) is 0.500. The predicted molar refractivity (Wildman–Crippen MR) is 61.2 cm³/mol. The van der Waals surface area contributed by atoms with Crippen molar-refractivity contribution < 1.29 is 4.74 Å². The first-order chi connectivity index (χ1) is 6.74. The summed E-state index contributed by atoms with van der Waals surface area (Å²) in [5.41, 5.74) is 1.25. The lowest BCUT2D eigenvalue weighted by molar-refractivity contribution is 0.336. The van der Waals surface area contributed by atoms with Gasteiger partial charge in [-0.05, 0) is 38.3 Å². The molecule has 0 aliphatic heterocycles. The van der Waals surface area contributed by atoms with Gasteiger partial charge in [0, 0.05) is 5.38 Å². The van der Waals surface area contributed by atoms with Gasteiger partial charge >= 0.3 is 0 Å². The Morgan fingerprint density at radius 1 is 1.36 bits per heavy atom. The number of benzene rings is 1. The molecule has 0 amide bonds. The summed E-state index contributed by atoms with van der Waals surface area (Å²) < 4.78 is 5.53. The van der Waals surface area contributed by atoms with E-state index in [4.69, 9.17) is 16.3 Å². The molecule has 0 bridgehead atoms. The van der Waals surface area contributed by atoms with E-state index in [-0.39, 0.29) is 5.38 Å². The molecule has 1 aromatic carbocycles. The van der Waals surface area contributed by atoms with E-state index in [1.54, 1.807) is 0 Å². The zero-order valence-electron chi connectivity index (χ0n) is 8.79. The van der Waals surface area contributed by atoms with Crippen molar-refractivity contribution in [3.63, 3.8) is 0 Å². The molecule has 0 heterocycles. The third-order valence-corrected chi connectivity index (χ3v) is 2.30. The van der Waals surface area contributed by atoms with E-state index in [0.717, 1.165) is 18.6 Å². The SMILES string of the molecule is CCOc1ccccc1CCC(C)Cl. The summed E-state index contributed by atoms with van der Waals surface area (Å²) in [6, 6.07) is 8.15. The third-order valence-electron chi connectivity index (χ3n) is 2.08. The summed E-state index contributed by atoms with van der Waals surface area (Å²) >= 11 is 5.92. The molecule has 0 aliphatic carbocycles. The fourth-order valence-corrected chi connectivity index (χ4v) is 1.47. The van der Waals surface area contributed by atoms with Crippen molar-refractivity contribution in [3.8, 4) is 5.75 Å². The van der Waals surface area contributed by atoms with Crippen LogP contribution in [0.1, 0.15) is 25.8 Å². The lowest BCUT2D eigenvalue weighted by Crippen LogP contribution is -1.99. The lowest BCUT2D eigenvalue weighted by atomic mass is 10.1.